The zero-order valence-corrected chi connectivity index (χ0v) is 12.8. The van der Waals surface area contributed by atoms with Gasteiger partial charge in [-0.25, -0.2) is 0 Å². The Morgan fingerprint density at radius 2 is 2.00 bits per heavy atom. The highest BCUT2D eigenvalue weighted by molar-refractivity contribution is 5.61. The summed E-state index contributed by atoms with van der Waals surface area (Å²) < 4.78 is 0. The summed E-state index contributed by atoms with van der Waals surface area (Å²) >= 11 is 0. The summed E-state index contributed by atoms with van der Waals surface area (Å²) in [5, 5.41) is 12.8. The molecule has 1 aliphatic heterocycles. The van der Waals surface area contributed by atoms with Crippen LogP contribution in [0.15, 0.2) is 18.2 Å². The summed E-state index contributed by atoms with van der Waals surface area (Å²) in [6, 6.07) is 8.66. The van der Waals surface area contributed by atoms with Gasteiger partial charge in [0.25, 0.3) is 0 Å². The third-order valence-corrected chi connectivity index (χ3v) is 4.27. The molecule has 108 valence electrons. The zero-order chi connectivity index (χ0) is 14.5. The van der Waals surface area contributed by atoms with Crippen LogP contribution >= 0.6 is 0 Å². The van der Waals surface area contributed by atoms with Crippen molar-refractivity contribution in [2.45, 2.75) is 33.7 Å². The van der Waals surface area contributed by atoms with Crippen LogP contribution in [0.25, 0.3) is 0 Å². The average molecular weight is 271 g/mol. The number of nitriles is 1. The van der Waals surface area contributed by atoms with Crippen LogP contribution in [-0.2, 0) is 6.54 Å². The molecule has 1 saturated heterocycles. The monoisotopic (exact) mass is 271 g/mol. The highest BCUT2D eigenvalue weighted by Crippen LogP contribution is 2.30. The summed E-state index contributed by atoms with van der Waals surface area (Å²) in [4.78, 5) is 2.36. The molecule has 0 bridgehead atoms. The van der Waals surface area contributed by atoms with Crippen molar-refractivity contribution < 1.29 is 0 Å². The molecular weight excluding hydrogens is 246 g/mol. The molecule has 0 radical (unpaired) electrons. The van der Waals surface area contributed by atoms with Crippen molar-refractivity contribution in [2.24, 2.45) is 11.8 Å². The first-order valence-corrected chi connectivity index (χ1v) is 7.64. The van der Waals surface area contributed by atoms with E-state index in [2.05, 4.69) is 49.2 Å². The minimum Gasteiger partial charge on any atom is -0.370 e. The van der Waals surface area contributed by atoms with Crippen molar-refractivity contribution in [2.75, 3.05) is 24.5 Å². The topological polar surface area (TPSA) is 39.1 Å². The third-order valence-electron chi connectivity index (χ3n) is 4.27. The molecule has 2 atom stereocenters. The lowest BCUT2D eigenvalue weighted by Gasteiger charge is -2.20. The largest absolute Gasteiger partial charge is 0.370 e. The van der Waals surface area contributed by atoms with Crippen LogP contribution in [0.5, 0.6) is 0 Å². The first-order valence-electron chi connectivity index (χ1n) is 7.64. The Kier molecular flexibility index (Phi) is 5.03. The van der Waals surface area contributed by atoms with Crippen molar-refractivity contribution >= 4 is 5.69 Å². The molecule has 3 nitrogen and oxygen atoms in total. The number of hydrogen-bond acceptors (Lipinski definition) is 3. The predicted molar refractivity (Wildman–Crippen MR) is 83.7 cm³/mol. The lowest BCUT2D eigenvalue weighted by molar-refractivity contribution is 0.494. The van der Waals surface area contributed by atoms with E-state index in [1.54, 1.807) is 0 Å². The smallest absolute Gasteiger partial charge is 0.101 e. The van der Waals surface area contributed by atoms with E-state index >= 15 is 0 Å². The van der Waals surface area contributed by atoms with Crippen LogP contribution in [-0.4, -0.2) is 19.6 Å². The van der Waals surface area contributed by atoms with Gasteiger partial charge >= 0.3 is 0 Å². The summed E-state index contributed by atoms with van der Waals surface area (Å²) in [6.45, 7) is 10.7. The van der Waals surface area contributed by atoms with Crippen LogP contribution < -0.4 is 10.2 Å². The van der Waals surface area contributed by atoms with Crippen LogP contribution in [0.4, 0.5) is 5.69 Å². The highest BCUT2D eigenvalue weighted by atomic mass is 15.2. The Hall–Kier alpha value is -1.53. The molecule has 1 fully saturated rings. The third kappa shape index (κ3) is 3.32. The van der Waals surface area contributed by atoms with Gasteiger partial charge < -0.3 is 10.2 Å². The van der Waals surface area contributed by atoms with Gasteiger partial charge in [-0.05, 0) is 42.5 Å². The number of nitrogens with one attached hydrogen (secondary N) is 1. The van der Waals surface area contributed by atoms with Gasteiger partial charge in [-0.1, -0.05) is 26.8 Å². The summed E-state index contributed by atoms with van der Waals surface area (Å²) in [7, 11) is 0. The molecular formula is C17H25N3. The van der Waals surface area contributed by atoms with Gasteiger partial charge in [0, 0.05) is 19.6 Å². The lowest BCUT2D eigenvalue weighted by atomic mass is 10.0. The standard InChI is InChI=1S/C17H25N3/c1-4-7-19-10-15-5-6-17(16(8-15)9-18)20-11-13(2)14(3)12-20/h5-6,8,13-14,19H,4,7,10-12H2,1-3H3. The van der Waals surface area contributed by atoms with E-state index in [9.17, 15) is 5.26 Å². The summed E-state index contributed by atoms with van der Waals surface area (Å²) in [5.74, 6) is 1.40. The van der Waals surface area contributed by atoms with Crippen LogP contribution in [0, 0.1) is 23.2 Å². The Morgan fingerprint density at radius 1 is 1.30 bits per heavy atom. The molecule has 0 aliphatic carbocycles. The van der Waals surface area contributed by atoms with Gasteiger partial charge in [-0.3, -0.25) is 0 Å². The molecule has 1 aromatic rings. The van der Waals surface area contributed by atoms with Crippen LogP contribution in [0.3, 0.4) is 0 Å². The Morgan fingerprint density at radius 3 is 2.60 bits per heavy atom. The fourth-order valence-electron chi connectivity index (χ4n) is 2.79. The van der Waals surface area contributed by atoms with E-state index in [0.29, 0.717) is 11.8 Å². The molecule has 0 aromatic heterocycles. The van der Waals surface area contributed by atoms with Crippen LogP contribution in [0.2, 0.25) is 0 Å². The second-order valence-corrected chi connectivity index (χ2v) is 6.00. The van der Waals surface area contributed by atoms with Gasteiger partial charge in [-0.15, -0.1) is 0 Å². The number of rotatable bonds is 5. The normalized spacial score (nSPS) is 22.0. The fraction of sp³-hybridized carbons (Fsp3) is 0.588. The van der Waals surface area contributed by atoms with Gasteiger partial charge in [0.15, 0.2) is 0 Å². The number of nitrogens with zero attached hydrogens (tertiary/aromatic N) is 2. The molecule has 0 amide bonds. The molecule has 2 unspecified atom stereocenters. The van der Waals surface area contributed by atoms with Crippen LogP contribution in [0.1, 0.15) is 38.3 Å². The van der Waals surface area contributed by atoms with Gasteiger partial charge in [0.1, 0.15) is 6.07 Å². The van der Waals surface area contributed by atoms with Crippen molar-refractivity contribution in [1.82, 2.24) is 5.32 Å². The van der Waals surface area contributed by atoms with Gasteiger partial charge in [-0.2, -0.15) is 5.26 Å². The van der Waals surface area contributed by atoms with Crippen molar-refractivity contribution in [3.63, 3.8) is 0 Å². The maximum atomic E-state index is 9.41. The van der Waals surface area contributed by atoms with E-state index in [1.807, 2.05) is 6.07 Å². The molecule has 2 rings (SSSR count). The lowest BCUT2D eigenvalue weighted by Crippen LogP contribution is -2.21. The molecule has 0 saturated carbocycles. The molecule has 1 aliphatic rings. The SMILES string of the molecule is CCCNCc1ccc(N2CC(C)C(C)C2)c(C#N)c1. The van der Waals surface area contributed by atoms with E-state index in [0.717, 1.165) is 43.9 Å². The van der Waals surface area contributed by atoms with E-state index < -0.39 is 0 Å². The first kappa shape index (κ1) is 14.9. The average Bonchev–Trinajstić information content (AvgIpc) is 2.78. The van der Waals surface area contributed by atoms with Gasteiger partial charge in [0.2, 0.25) is 0 Å². The Balaban J connectivity index is 2.13. The molecule has 0 spiro atoms. The maximum Gasteiger partial charge on any atom is 0.101 e. The number of hydrogen-bond donors (Lipinski definition) is 1. The molecule has 3 heteroatoms. The summed E-state index contributed by atoms with van der Waals surface area (Å²) in [5.41, 5.74) is 3.10. The van der Waals surface area contributed by atoms with E-state index in [-0.39, 0.29) is 0 Å². The van der Waals surface area contributed by atoms with Crippen molar-refractivity contribution in [1.29, 1.82) is 5.26 Å². The minimum absolute atomic E-state index is 0.701. The second kappa shape index (κ2) is 6.76. The van der Waals surface area contributed by atoms with Crippen molar-refractivity contribution in [3.05, 3.63) is 29.3 Å². The van der Waals surface area contributed by atoms with E-state index in [4.69, 9.17) is 0 Å². The Labute approximate surface area is 122 Å². The Bertz CT molecular complexity index is 479. The predicted octanol–water partition coefficient (Wildman–Crippen LogP) is 3.15. The fourth-order valence-corrected chi connectivity index (χ4v) is 2.79. The van der Waals surface area contributed by atoms with E-state index in [1.165, 1.54) is 5.56 Å². The quantitative estimate of drug-likeness (QED) is 0.836. The zero-order valence-electron chi connectivity index (χ0n) is 12.8. The molecule has 20 heavy (non-hydrogen) atoms. The van der Waals surface area contributed by atoms with Crippen molar-refractivity contribution in [3.8, 4) is 6.07 Å². The summed E-state index contributed by atoms with van der Waals surface area (Å²) in [6.07, 6.45) is 1.13. The second-order valence-electron chi connectivity index (χ2n) is 6.00. The minimum atomic E-state index is 0.701. The number of anilines is 1. The van der Waals surface area contributed by atoms with Gasteiger partial charge in [0.05, 0.1) is 11.3 Å². The molecule has 1 aromatic carbocycles. The molecule has 1 N–H and O–H groups in total. The number of benzene rings is 1. The maximum absolute atomic E-state index is 9.41. The highest BCUT2D eigenvalue weighted by Gasteiger charge is 2.27. The first-order chi connectivity index (χ1) is 9.65. The molecule has 1 heterocycles.